The first kappa shape index (κ1) is 22.2. The summed E-state index contributed by atoms with van der Waals surface area (Å²) in [5.74, 6) is 1.33. The van der Waals surface area contributed by atoms with Crippen molar-refractivity contribution in [3.05, 3.63) is 75.8 Å². The van der Waals surface area contributed by atoms with Crippen molar-refractivity contribution in [3.63, 3.8) is 0 Å². The number of halogens is 1. The molecule has 1 aromatic heterocycles. The van der Waals surface area contributed by atoms with Crippen LogP contribution >= 0.6 is 11.6 Å². The highest BCUT2D eigenvalue weighted by Crippen LogP contribution is 2.34. The maximum atomic E-state index is 12.9. The summed E-state index contributed by atoms with van der Waals surface area (Å²) in [5, 5.41) is 10.7. The molecule has 0 amide bonds. The number of nitrogens with zero attached hydrogens (tertiary/aromatic N) is 2. The smallest absolute Gasteiger partial charge is 0.317 e. The molecule has 0 aliphatic heterocycles. The van der Waals surface area contributed by atoms with E-state index in [1.165, 1.54) is 17.9 Å². The molecule has 1 atom stereocenters. The van der Waals surface area contributed by atoms with Gasteiger partial charge in [-0.3, -0.25) is 9.36 Å². The number of hydrogen-bond donors (Lipinski definition) is 1. The predicted molar refractivity (Wildman–Crippen MR) is 121 cm³/mol. The molecule has 1 saturated carbocycles. The van der Waals surface area contributed by atoms with E-state index in [4.69, 9.17) is 25.8 Å². The van der Waals surface area contributed by atoms with Crippen LogP contribution in [-0.4, -0.2) is 41.1 Å². The molecular formula is C24H25ClN2O5. The number of benzene rings is 2. The Morgan fingerprint density at radius 2 is 1.94 bits per heavy atom. The molecule has 0 spiro atoms. The second-order valence-corrected chi connectivity index (χ2v) is 8.12. The molecule has 3 aromatic rings. The normalized spacial score (nSPS) is 14.1. The van der Waals surface area contributed by atoms with Gasteiger partial charge in [0.1, 0.15) is 6.61 Å². The number of rotatable bonds is 10. The highest BCUT2D eigenvalue weighted by molar-refractivity contribution is 6.30. The number of hydrogen-bond acceptors (Lipinski definition) is 6. The van der Waals surface area contributed by atoms with Crippen LogP contribution < -0.4 is 19.8 Å². The zero-order valence-electron chi connectivity index (χ0n) is 17.7. The largest absolute Gasteiger partial charge is 0.493 e. The van der Waals surface area contributed by atoms with Gasteiger partial charge in [-0.2, -0.15) is 0 Å². The lowest BCUT2D eigenvalue weighted by molar-refractivity contribution is 0.0880. The lowest BCUT2D eigenvalue weighted by Crippen LogP contribution is -2.22. The summed E-state index contributed by atoms with van der Waals surface area (Å²) in [6.45, 7) is 0.522. The Morgan fingerprint density at radius 1 is 1.16 bits per heavy atom. The van der Waals surface area contributed by atoms with E-state index in [1.54, 1.807) is 24.4 Å². The van der Waals surface area contributed by atoms with Crippen LogP contribution in [0.5, 0.6) is 17.4 Å². The molecule has 0 radical (unpaired) electrons. The minimum atomic E-state index is -0.477. The maximum absolute atomic E-state index is 12.9. The molecule has 8 heteroatoms. The summed E-state index contributed by atoms with van der Waals surface area (Å²) in [7, 11) is 1.53. The van der Waals surface area contributed by atoms with Gasteiger partial charge in [0.05, 0.1) is 25.5 Å². The zero-order valence-corrected chi connectivity index (χ0v) is 18.5. The van der Waals surface area contributed by atoms with Crippen LogP contribution in [-0.2, 0) is 6.42 Å². The molecule has 32 heavy (non-hydrogen) atoms. The van der Waals surface area contributed by atoms with Crippen LogP contribution in [0.3, 0.4) is 0 Å². The first-order valence-corrected chi connectivity index (χ1v) is 10.9. The molecular weight excluding hydrogens is 432 g/mol. The first-order valence-electron chi connectivity index (χ1n) is 10.5. The van der Waals surface area contributed by atoms with E-state index in [-0.39, 0.29) is 18.0 Å². The van der Waals surface area contributed by atoms with Crippen LogP contribution in [0.1, 0.15) is 18.4 Å². The van der Waals surface area contributed by atoms with Crippen LogP contribution in [0.25, 0.3) is 5.69 Å². The van der Waals surface area contributed by atoms with E-state index >= 15 is 0 Å². The molecule has 7 nitrogen and oxygen atoms in total. The molecule has 0 bridgehead atoms. The van der Waals surface area contributed by atoms with Crippen molar-refractivity contribution in [2.75, 3.05) is 20.3 Å². The first-order chi connectivity index (χ1) is 15.5. The molecule has 1 N–H and O–H groups in total. The van der Waals surface area contributed by atoms with Gasteiger partial charge in [-0.1, -0.05) is 23.7 Å². The second-order valence-electron chi connectivity index (χ2n) is 7.68. The van der Waals surface area contributed by atoms with Crippen LogP contribution in [0, 0.1) is 5.92 Å². The topological polar surface area (TPSA) is 82.8 Å². The van der Waals surface area contributed by atoms with Gasteiger partial charge in [-0.15, -0.1) is 0 Å². The lowest BCUT2D eigenvalue weighted by atomic mass is 10.2. The molecule has 1 heterocycles. The summed E-state index contributed by atoms with van der Waals surface area (Å²) in [6, 6.07) is 12.7. The van der Waals surface area contributed by atoms with Gasteiger partial charge in [-0.25, -0.2) is 4.98 Å². The summed E-state index contributed by atoms with van der Waals surface area (Å²) in [5.41, 5.74) is 1.27. The molecule has 168 valence electrons. The Bertz CT molecular complexity index is 1110. The molecule has 1 fully saturated rings. The Morgan fingerprint density at radius 3 is 2.66 bits per heavy atom. The number of methoxy groups -OCH3 is 1. The quantitative estimate of drug-likeness (QED) is 0.501. The lowest BCUT2D eigenvalue weighted by Gasteiger charge is -2.15. The zero-order chi connectivity index (χ0) is 22.5. The fraction of sp³-hybridized carbons (Fsp3) is 0.333. The number of ether oxygens (including phenoxy) is 3. The van der Waals surface area contributed by atoms with Crippen molar-refractivity contribution in [1.29, 1.82) is 0 Å². The Labute approximate surface area is 191 Å². The maximum Gasteiger partial charge on any atom is 0.317 e. The van der Waals surface area contributed by atoms with Crippen molar-refractivity contribution >= 4 is 11.6 Å². The van der Waals surface area contributed by atoms with Gasteiger partial charge in [0, 0.05) is 29.9 Å². The summed E-state index contributed by atoms with van der Waals surface area (Å²) in [6.07, 6.45) is 5.31. The van der Waals surface area contributed by atoms with Crippen LogP contribution in [0.4, 0.5) is 0 Å². The number of aliphatic hydroxyl groups is 1. The van der Waals surface area contributed by atoms with E-state index in [0.717, 1.165) is 18.4 Å². The highest BCUT2D eigenvalue weighted by Gasteiger charge is 2.30. The Balaban J connectivity index is 1.45. The fourth-order valence-electron chi connectivity index (χ4n) is 3.33. The van der Waals surface area contributed by atoms with Gasteiger partial charge in [0.25, 0.3) is 5.88 Å². The third kappa shape index (κ3) is 5.41. The van der Waals surface area contributed by atoms with Crippen molar-refractivity contribution < 1.29 is 19.3 Å². The van der Waals surface area contributed by atoms with Gasteiger partial charge in [0.15, 0.2) is 11.5 Å². The van der Waals surface area contributed by atoms with Crippen LogP contribution in [0.15, 0.2) is 59.7 Å². The standard InChI is InChI=1S/C24H25ClN2O5/c1-30-22-14-19(8-9-21(22)32-15-20(28)17-4-5-17)27-12-11-26-23(24(27)29)31-13-10-16-2-6-18(25)7-3-16/h2-3,6-9,11-12,14,17,20,28H,4-5,10,13,15H2,1H3. The summed E-state index contributed by atoms with van der Waals surface area (Å²) >= 11 is 5.90. The van der Waals surface area contributed by atoms with E-state index in [0.29, 0.717) is 41.2 Å². The van der Waals surface area contributed by atoms with Crippen LogP contribution in [0.2, 0.25) is 5.02 Å². The molecule has 2 aromatic carbocycles. The highest BCUT2D eigenvalue weighted by atomic mass is 35.5. The van der Waals surface area contributed by atoms with Crippen molar-refractivity contribution in [2.24, 2.45) is 5.92 Å². The number of aromatic nitrogens is 2. The average Bonchev–Trinajstić information content (AvgIpc) is 3.65. The van der Waals surface area contributed by atoms with Crippen molar-refractivity contribution in [1.82, 2.24) is 9.55 Å². The molecule has 0 saturated heterocycles. The Kier molecular flexibility index (Phi) is 6.97. The molecule has 1 aliphatic rings. The van der Waals surface area contributed by atoms with Crippen molar-refractivity contribution in [3.8, 4) is 23.1 Å². The van der Waals surface area contributed by atoms with Crippen molar-refractivity contribution in [2.45, 2.75) is 25.4 Å². The third-order valence-corrected chi connectivity index (χ3v) is 5.61. The summed E-state index contributed by atoms with van der Waals surface area (Å²) in [4.78, 5) is 17.0. The molecule has 1 aliphatic carbocycles. The van der Waals surface area contributed by atoms with E-state index in [1.807, 2.05) is 24.3 Å². The summed E-state index contributed by atoms with van der Waals surface area (Å²) < 4.78 is 18.2. The third-order valence-electron chi connectivity index (χ3n) is 5.35. The molecule has 1 unspecified atom stereocenters. The van der Waals surface area contributed by atoms with Gasteiger partial charge < -0.3 is 19.3 Å². The average molecular weight is 457 g/mol. The van der Waals surface area contributed by atoms with Gasteiger partial charge >= 0.3 is 5.56 Å². The van der Waals surface area contributed by atoms with Gasteiger partial charge in [0.2, 0.25) is 0 Å². The van der Waals surface area contributed by atoms with E-state index in [2.05, 4.69) is 4.98 Å². The fourth-order valence-corrected chi connectivity index (χ4v) is 3.46. The van der Waals surface area contributed by atoms with E-state index < -0.39 is 6.10 Å². The predicted octanol–water partition coefficient (Wildman–Crippen LogP) is 3.67. The Hall–Kier alpha value is -3.03. The minimum absolute atomic E-state index is 0.0216. The SMILES string of the molecule is COc1cc(-n2ccnc(OCCc3ccc(Cl)cc3)c2=O)ccc1OCC(O)C1CC1. The number of aliphatic hydroxyl groups excluding tert-OH is 1. The molecule has 4 rings (SSSR count). The minimum Gasteiger partial charge on any atom is -0.493 e. The monoisotopic (exact) mass is 456 g/mol. The second kappa shape index (κ2) is 10.1. The van der Waals surface area contributed by atoms with E-state index in [9.17, 15) is 9.90 Å². The van der Waals surface area contributed by atoms with Gasteiger partial charge in [-0.05, 0) is 48.6 Å².